The van der Waals surface area contributed by atoms with Crippen LogP contribution in [0.2, 0.25) is 0 Å². The molecule has 0 aromatic carbocycles. The smallest absolute Gasteiger partial charge is 0.221 e. The molecule has 3 N–H and O–H groups in total. The highest BCUT2D eigenvalue weighted by Gasteiger charge is 2.09. The van der Waals surface area contributed by atoms with Crippen LogP contribution in [-0.2, 0) is 17.9 Å². The van der Waals surface area contributed by atoms with Gasteiger partial charge in [-0.1, -0.05) is 0 Å². The average Bonchev–Trinajstić information content (AvgIpc) is 2.75. The standard InChI is InChI=1S/C13H18N4O/c1-2-15-12(18)5-7-17-9-10(8-14)11-4-3-6-16-13(11)17/h3-4,6,9H,2,5,7-8,14H2,1H3,(H,15,18). The number of pyridine rings is 1. The van der Waals surface area contributed by atoms with E-state index in [0.717, 1.165) is 16.6 Å². The Balaban J connectivity index is 2.20. The van der Waals surface area contributed by atoms with Crippen LogP contribution < -0.4 is 11.1 Å². The zero-order chi connectivity index (χ0) is 13.0. The van der Waals surface area contributed by atoms with E-state index >= 15 is 0 Å². The molecule has 0 aliphatic heterocycles. The lowest BCUT2D eigenvalue weighted by Crippen LogP contribution is -2.23. The number of nitrogens with two attached hydrogens (primary N) is 1. The Bertz CT molecular complexity index is 547. The van der Waals surface area contributed by atoms with Crippen LogP contribution in [0.25, 0.3) is 11.0 Å². The van der Waals surface area contributed by atoms with E-state index < -0.39 is 0 Å². The van der Waals surface area contributed by atoms with Crippen LogP contribution >= 0.6 is 0 Å². The quantitative estimate of drug-likeness (QED) is 0.827. The van der Waals surface area contributed by atoms with Crippen molar-refractivity contribution in [3.8, 4) is 0 Å². The number of carbonyl (C=O) groups is 1. The topological polar surface area (TPSA) is 72.9 Å². The summed E-state index contributed by atoms with van der Waals surface area (Å²) in [4.78, 5) is 15.8. The van der Waals surface area contributed by atoms with Crippen molar-refractivity contribution in [1.29, 1.82) is 0 Å². The van der Waals surface area contributed by atoms with Gasteiger partial charge in [-0.2, -0.15) is 0 Å². The van der Waals surface area contributed by atoms with Crippen LogP contribution in [0.3, 0.4) is 0 Å². The maximum atomic E-state index is 11.5. The maximum absolute atomic E-state index is 11.5. The van der Waals surface area contributed by atoms with Crippen LogP contribution in [0.1, 0.15) is 18.9 Å². The zero-order valence-corrected chi connectivity index (χ0v) is 10.5. The molecule has 0 aliphatic carbocycles. The lowest BCUT2D eigenvalue weighted by atomic mass is 10.2. The fourth-order valence-corrected chi connectivity index (χ4v) is 2.04. The first-order valence-electron chi connectivity index (χ1n) is 6.15. The highest BCUT2D eigenvalue weighted by molar-refractivity contribution is 5.81. The molecule has 0 bridgehead atoms. The molecule has 5 heteroatoms. The second kappa shape index (κ2) is 5.64. The predicted octanol–water partition coefficient (Wildman–Crippen LogP) is 1.02. The van der Waals surface area contributed by atoms with Crippen LogP contribution in [-0.4, -0.2) is 22.0 Å². The highest BCUT2D eigenvalue weighted by atomic mass is 16.1. The van der Waals surface area contributed by atoms with Gasteiger partial charge in [0.05, 0.1) is 0 Å². The monoisotopic (exact) mass is 246 g/mol. The van der Waals surface area contributed by atoms with Crippen molar-refractivity contribution < 1.29 is 4.79 Å². The van der Waals surface area contributed by atoms with Gasteiger partial charge in [0.15, 0.2) is 0 Å². The minimum Gasteiger partial charge on any atom is -0.356 e. The van der Waals surface area contributed by atoms with Crippen LogP contribution in [0, 0.1) is 0 Å². The molecule has 0 spiro atoms. The van der Waals surface area contributed by atoms with E-state index in [-0.39, 0.29) is 5.91 Å². The number of rotatable bonds is 5. The molecule has 0 fully saturated rings. The normalized spacial score (nSPS) is 10.8. The summed E-state index contributed by atoms with van der Waals surface area (Å²) in [7, 11) is 0. The van der Waals surface area contributed by atoms with Crippen molar-refractivity contribution >= 4 is 16.9 Å². The summed E-state index contributed by atoms with van der Waals surface area (Å²) in [6, 6.07) is 3.91. The SMILES string of the molecule is CCNC(=O)CCn1cc(CN)c2cccnc21. The van der Waals surface area contributed by atoms with E-state index in [4.69, 9.17) is 5.73 Å². The van der Waals surface area contributed by atoms with Gasteiger partial charge in [0.25, 0.3) is 0 Å². The minimum absolute atomic E-state index is 0.0598. The number of carbonyl (C=O) groups excluding carboxylic acids is 1. The number of hydrogen-bond donors (Lipinski definition) is 2. The van der Waals surface area contributed by atoms with Gasteiger partial charge in [-0.15, -0.1) is 0 Å². The Kier molecular flexibility index (Phi) is 3.94. The Labute approximate surface area is 106 Å². The van der Waals surface area contributed by atoms with E-state index in [1.54, 1.807) is 6.20 Å². The first kappa shape index (κ1) is 12.6. The van der Waals surface area contributed by atoms with Crippen molar-refractivity contribution in [3.05, 3.63) is 30.1 Å². The van der Waals surface area contributed by atoms with Gasteiger partial charge < -0.3 is 15.6 Å². The predicted molar refractivity (Wildman–Crippen MR) is 70.9 cm³/mol. The fourth-order valence-electron chi connectivity index (χ4n) is 2.04. The molecule has 0 saturated heterocycles. The van der Waals surface area contributed by atoms with E-state index in [9.17, 15) is 4.79 Å². The number of nitrogens with zero attached hydrogens (tertiary/aromatic N) is 2. The number of aromatic nitrogens is 2. The van der Waals surface area contributed by atoms with Gasteiger partial charge in [-0.25, -0.2) is 4.98 Å². The van der Waals surface area contributed by atoms with Crippen molar-refractivity contribution in [2.45, 2.75) is 26.4 Å². The Morgan fingerprint density at radius 2 is 2.39 bits per heavy atom. The summed E-state index contributed by atoms with van der Waals surface area (Å²) in [5.74, 6) is 0.0598. The Morgan fingerprint density at radius 1 is 1.56 bits per heavy atom. The van der Waals surface area contributed by atoms with Crippen molar-refractivity contribution in [3.63, 3.8) is 0 Å². The molecule has 5 nitrogen and oxygen atoms in total. The molecule has 2 heterocycles. The maximum Gasteiger partial charge on any atom is 0.221 e. The highest BCUT2D eigenvalue weighted by Crippen LogP contribution is 2.18. The third-order valence-corrected chi connectivity index (χ3v) is 2.89. The molecular weight excluding hydrogens is 228 g/mol. The fraction of sp³-hybridized carbons (Fsp3) is 0.385. The summed E-state index contributed by atoms with van der Waals surface area (Å²) in [5, 5.41) is 3.85. The minimum atomic E-state index is 0.0598. The van der Waals surface area contributed by atoms with Gasteiger partial charge in [0, 0.05) is 43.8 Å². The lowest BCUT2D eigenvalue weighted by Gasteiger charge is -2.04. The van der Waals surface area contributed by atoms with E-state index in [1.165, 1.54) is 0 Å². The first-order valence-corrected chi connectivity index (χ1v) is 6.15. The molecule has 0 unspecified atom stereocenters. The van der Waals surface area contributed by atoms with Crippen LogP contribution in [0.5, 0.6) is 0 Å². The number of aryl methyl sites for hydroxylation is 1. The van der Waals surface area contributed by atoms with Gasteiger partial charge in [0.1, 0.15) is 5.65 Å². The molecular formula is C13H18N4O. The molecule has 2 aromatic rings. The summed E-state index contributed by atoms with van der Waals surface area (Å²) >= 11 is 0. The van der Waals surface area contributed by atoms with Crippen molar-refractivity contribution in [1.82, 2.24) is 14.9 Å². The van der Waals surface area contributed by atoms with Crippen molar-refractivity contribution in [2.75, 3.05) is 6.54 Å². The molecule has 0 radical (unpaired) electrons. The molecule has 2 rings (SSSR count). The number of nitrogens with one attached hydrogen (secondary N) is 1. The third-order valence-electron chi connectivity index (χ3n) is 2.89. The zero-order valence-electron chi connectivity index (χ0n) is 10.5. The number of hydrogen-bond acceptors (Lipinski definition) is 3. The van der Waals surface area contributed by atoms with Crippen LogP contribution in [0.15, 0.2) is 24.5 Å². The molecule has 2 aromatic heterocycles. The molecule has 1 amide bonds. The Morgan fingerprint density at radius 3 is 3.11 bits per heavy atom. The van der Waals surface area contributed by atoms with Crippen LogP contribution in [0.4, 0.5) is 0 Å². The lowest BCUT2D eigenvalue weighted by molar-refractivity contribution is -0.121. The van der Waals surface area contributed by atoms with Gasteiger partial charge in [-0.3, -0.25) is 4.79 Å². The van der Waals surface area contributed by atoms with Gasteiger partial charge in [-0.05, 0) is 24.6 Å². The van der Waals surface area contributed by atoms with Gasteiger partial charge >= 0.3 is 0 Å². The average molecular weight is 246 g/mol. The largest absolute Gasteiger partial charge is 0.356 e. The summed E-state index contributed by atoms with van der Waals surface area (Å²) in [5.41, 5.74) is 7.67. The molecule has 0 atom stereocenters. The van der Waals surface area contributed by atoms with E-state index in [1.807, 2.05) is 29.8 Å². The van der Waals surface area contributed by atoms with Crippen molar-refractivity contribution in [2.24, 2.45) is 5.73 Å². The second-order valence-corrected chi connectivity index (χ2v) is 4.13. The number of amides is 1. The number of fused-ring (bicyclic) bond motifs is 1. The molecule has 0 saturated carbocycles. The molecule has 18 heavy (non-hydrogen) atoms. The second-order valence-electron chi connectivity index (χ2n) is 4.13. The molecule has 0 aliphatic rings. The van der Waals surface area contributed by atoms with E-state index in [2.05, 4.69) is 10.3 Å². The third kappa shape index (κ3) is 2.51. The first-order chi connectivity index (χ1) is 8.76. The molecule has 96 valence electrons. The summed E-state index contributed by atoms with van der Waals surface area (Å²) < 4.78 is 1.99. The van der Waals surface area contributed by atoms with Gasteiger partial charge in [0.2, 0.25) is 5.91 Å². The Hall–Kier alpha value is -1.88. The van der Waals surface area contributed by atoms with E-state index in [0.29, 0.717) is 26.1 Å². The summed E-state index contributed by atoms with van der Waals surface area (Å²) in [6.45, 7) is 3.68. The summed E-state index contributed by atoms with van der Waals surface area (Å²) in [6.07, 6.45) is 4.19.